The molecule has 1 amide bonds. The normalized spacial score (nSPS) is 10.8. The summed E-state index contributed by atoms with van der Waals surface area (Å²) in [5, 5.41) is 6.34. The fourth-order valence-electron chi connectivity index (χ4n) is 3.22. The van der Waals surface area contributed by atoms with E-state index >= 15 is 0 Å². The molecule has 8 heteroatoms. The minimum Gasteiger partial charge on any atom is -0.383 e. The van der Waals surface area contributed by atoms with Crippen molar-refractivity contribution in [1.82, 2.24) is 15.5 Å². The summed E-state index contributed by atoms with van der Waals surface area (Å²) in [5.74, 6) is -0.875. The molecule has 0 bridgehead atoms. The highest BCUT2D eigenvalue weighted by Crippen LogP contribution is 2.31. The molecule has 6 nitrogen and oxygen atoms in total. The van der Waals surface area contributed by atoms with Crippen LogP contribution < -0.4 is 11.1 Å². The molecule has 2 aromatic heterocycles. The average molecular weight is 420 g/mol. The second-order valence-corrected chi connectivity index (χ2v) is 6.96. The molecule has 3 N–H and O–H groups in total. The minimum atomic E-state index is -0.708. The van der Waals surface area contributed by atoms with Crippen LogP contribution in [0, 0.1) is 18.6 Å². The van der Waals surface area contributed by atoms with Crippen LogP contribution in [0.4, 0.5) is 14.6 Å². The molecule has 0 aliphatic rings. The van der Waals surface area contributed by atoms with Gasteiger partial charge in [-0.1, -0.05) is 23.4 Å². The number of hydrogen-bond acceptors (Lipinski definition) is 5. The first-order valence-corrected chi connectivity index (χ1v) is 9.42. The van der Waals surface area contributed by atoms with Gasteiger partial charge in [0.05, 0.1) is 11.8 Å². The van der Waals surface area contributed by atoms with Crippen LogP contribution in [0.3, 0.4) is 0 Å². The lowest BCUT2D eigenvalue weighted by atomic mass is 10.00. The summed E-state index contributed by atoms with van der Waals surface area (Å²) in [4.78, 5) is 16.6. The van der Waals surface area contributed by atoms with Gasteiger partial charge >= 0.3 is 0 Å². The number of benzene rings is 2. The van der Waals surface area contributed by atoms with E-state index in [-0.39, 0.29) is 17.9 Å². The maximum atomic E-state index is 14.7. The quantitative estimate of drug-likeness (QED) is 0.496. The Labute approximate surface area is 176 Å². The zero-order chi connectivity index (χ0) is 22.0. The van der Waals surface area contributed by atoms with Gasteiger partial charge in [0.15, 0.2) is 0 Å². The average Bonchev–Trinajstić information content (AvgIpc) is 3.18. The van der Waals surface area contributed by atoms with E-state index < -0.39 is 17.5 Å². The number of nitrogens with two attached hydrogens (primary N) is 1. The number of pyridine rings is 1. The zero-order valence-corrected chi connectivity index (χ0v) is 16.5. The highest BCUT2D eigenvalue weighted by atomic mass is 19.1. The fourth-order valence-corrected chi connectivity index (χ4v) is 3.22. The van der Waals surface area contributed by atoms with E-state index in [1.165, 1.54) is 24.3 Å². The van der Waals surface area contributed by atoms with Gasteiger partial charge in [0, 0.05) is 29.4 Å². The number of aromatic nitrogens is 2. The molecule has 0 aliphatic heterocycles. The van der Waals surface area contributed by atoms with Gasteiger partial charge in [-0.3, -0.25) is 4.79 Å². The first kappa shape index (κ1) is 20.2. The molecule has 2 aromatic carbocycles. The zero-order valence-electron chi connectivity index (χ0n) is 16.5. The van der Waals surface area contributed by atoms with Crippen LogP contribution in [-0.4, -0.2) is 16.0 Å². The molecule has 0 fully saturated rings. The smallest absolute Gasteiger partial charge is 0.254 e. The van der Waals surface area contributed by atoms with Gasteiger partial charge in [-0.2, -0.15) is 0 Å². The summed E-state index contributed by atoms with van der Waals surface area (Å²) in [6, 6.07) is 11.8. The SMILES string of the molecule is Cc1oncc1-c1cnc(N)c(-c2ccc(C(=O)NCc3cccc(F)c3)c(F)c2)c1. The number of nitrogens with zero attached hydrogens (tertiary/aromatic N) is 2. The lowest BCUT2D eigenvalue weighted by Crippen LogP contribution is -2.23. The van der Waals surface area contributed by atoms with E-state index in [1.807, 2.05) is 0 Å². The van der Waals surface area contributed by atoms with Crippen molar-refractivity contribution in [1.29, 1.82) is 0 Å². The van der Waals surface area contributed by atoms with Crippen LogP contribution >= 0.6 is 0 Å². The minimum absolute atomic E-state index is 0.0782. The van der Waals surface area contributed by atoms with E-state index in [1.54, 1.807) is 43.6 Å². The standard InChI is InChI=1S/C23H18F2N4O2/c1-13-20(12-29-31-13)16-8-19(22(26)27-11-16)15-5-6-18(21(25)9-15)23(30)28-10-14-3-2-4-17(24)7-14/h2-9,11-12H,10H2,1H3,(H2,26,27)(H,28,30). The molecule has 2 heterocycles. The number of rotatable bonds is 5. The third-order valence-electron chi connectivity index (χ3n) is 4.85. The molecule has 4 aromatic rings. The molecule has 156 valence electrons. The number of hydrogen-bond donors (Lipinski definition) is 2. The van der Waals surface area contributed by atoms with Gasteiger partial charge in [-0.15, -0.1) is 0 Å². The van der Waals surface area contributed by atoms with Gasteiger partial charge in [-0.05, 0) is 48.4 Å². The Morgan fingerprint density at radius 3 is 2.61 bits per heavy atom. The van der Waals surface area contributed by atoms with Crippen molar-refractivity contribution in [2.24, 2.45) is 0 Å². The van der Waals surface area contributed by atoms with Crippen molar-refractivity contribution in [3.63, 3.8) is 0 Å². The number of carbonyl (C=O) groups excluding carboxylic acids is 1. The topological polar surface area (TPSA) is 94.0 Å². The molecule has 0 aliphatic carbocycles. The molecule has 0 atom stereocenters. The molecule has 31 heavy (non-hydrogen) atoms. The van der Waals surface area contributed by atoms with E-state index in [2.05, 4.69) is 15.5 Å². The fraction of sp³-hybridized carbons (Fsp3) is 0.0870. The number of nitrogen functional groups attached to an aromatic ring is 1. The second kappa shape index (κ2) is 8.35. The van der Waals surface area contributed by atoms with Crippen LogP contribution in [-0.2, 0) is 6.54 Å². The first-order chi connectivity index (χ1) is 14.9. The number of halogens is 2. The molecular formula is C23H18F2N4O2. The van der Waals surface area contributed by atoms with Crippen molar-refractivity contribution in [3.8, 4) is 22.3 Å². The van der Waals surface area contributed by atoms with Crippen molar-refractivity contribution in [2.45, 2.75) is 13.5 Å². The van der Waals surface area contributed by atoms with Crippen molar-refractivity contribution in [2.75, 3.05) is 5.73 Å². The van der Waals surface area contributed by atoms with Gasteiger partial charge < -0.3 is 15.6 Å². The lowest BCUT2D eigenvalue weighted by molar-refractivity contribution is 0.0947. The Kier molecular flexibility index (Phi) is 5.44. The van der Waals surface area contributed by atoms with Crippen molar-refractivity contribution < 1.29 is 18.1 Å². The predicted molar refractivity (Wildman–Crippen MR) is 112 cm³/mol. The molecule has 0 saturated carbocycles. The first-order valence-electron chi connectivity index (χ1n) is 9.42. The molecule has 0 saturated heterocycles. The van der Waals surface area contributed by atoms with E-state index in [4.69, 9.17) is 10.3 Å². The summed E-state index contributed by atoms with van der Waals surface area (Å²) in [7, 11) is 0. The summed E-state index contributed by atoms with van der Waals surface area (Å²) in [6.07, 6.45) is 3.15. The second-order valence-electron chi connectivity index (χ2n) is 6.96. The maximum Gasteiger partial charge on any atom is 0.254 e. The Bertz CT molecular complexity index is 1270. The van der Waals surface area contributed by atoms with E-state index in [0.29, 0.717) is 22.5 Å². The Morgan fingerprint density at radius 1 is 1.06 bits per heavy atom. The number of anilines is 1. The molecule has 0 unspecified atom stereocenters. The lowest BCUT2D eigenvalue weighted by Gasteiger charge is -2.10. The van der Waals surface area contributed by atoms with Crippen LogP contribution in [0.15, 0.2) is 65.4 Å². The van der Waals surface area contributed by atoms with Gasteiger partial charge in [-0.25, -0.2) is 13.8 Å². The summed E-state index contributed by atoms with van der Waals surface area (Å²) in [6.45, 7) is 1.85. The summed E-state index contributed by atoms with van der Waals surface area (Å²) >= 11 is 0. The van der Waals surface area contributed by atoms with Crippen LogP contribution in [0.2, 0.25) is 0 Å². The molecule has 4 rings (SSSR count). The summed E-state index contributed by atoms with van der Waals surface area (Å²) < 4.78 is 33.1. The highest BCUT2D eigenvalue weighted by Gasteiger charge is 2.16. The van der Waals surface area contributed by atoms with E-state index in [9.17, 15) is 13.6 Å². The number of amides is 1. The van der Waals surface area contributed by atoms with Crippen molar-refractivity contribution in [3.05, 3.63) is 89.4 Å². The third-order valence-corrected chi connectivity index (χ3v) is 4.85. The van der Waals surface area contributed by atoms with Gasteiger partial charge in [0.2, 0.25) is 0 Å². The molecular weight excluding hydrogens is 402 g/mol. The maximum absolute atomic E-state index is 14.7. The van der Waals surface area contributed by atoms with Gasteiger partial charge in [0.1, 0.15) is 23.2 Å². The van der Waals surface area contributed by atoms with Crippen molar-refractivity contribution >= 4 is 11.7 Å². The van der Waals surface area contributed by atoms with Crippen LogP contribution in [0.1, 0.15) is 21.7 Å². The Morgan fingerprint density at radius 2 is 1.90 bits per heavy atom. The third kappa shape index (κ3) is 4.28. The summed E-state index contributed by atoms with van der Waals surface area (Å²) in [5.41, 5.74) is 8.91. The number of carbonyl (C=O) groups is 1. The Hall–Kier alpha value is -4.07. The van der Waals surface area contributed by atoms with E-state index in [0.717, 1.165) is 11.1 Å². The molecule has 0 radical (unpaired) electrons. The molecule has 0 spiro atoms. The van der Waals surface area contributed by atoms with Crippen LogP contribution in [0.25, 0.3) is 22.3 Å². The number of nitrogens with one attached hydrogen (secondary N) is 1. The highest BCUT2D eigenvalue weighted by molar-refractivity contribution is 5.95. The van der Waals surface area contributed by atoms with Gasteiger partial charge in [0.25, 0.3) is 5.91 Å². The predicted octanol–water partition coefficient (Wildman–Crippen LogP) is 4.50. The monoisotopic (exact) mass is 420 g/mol. The largest absolute Gasteiger partial charge is 0.383 e. The Balaban J connectivity index is 1.57. The van der Waals surface area contributed by atoms with Crippen LogP contribution in [0.5, 0.6) is 0 Å². The number of aryl methyl sites for hydroxylation is 1.